The van der Waals surface area contributed by atoms with E-state index < -0.39 is 0 Å². The first-order chi connectivity index (χ1) is 7.13. The molecular formula is C12H21N3. The summed E-state index contributed by atoms with van der Waals surface area (Å²) in [6.07, 6.45) is 1.01. The minimum atomic E-state index is 0.838. The smallest absolute Gasteiger partial charge is 0.0374 e. The van der Waals surface area contributed by atoms with Crippen LogP contribution in [-0.4, -0.2) is 32.1 Å². The number of nitrogens with one attached hydrogen (secondary N) is 1. The van der Waals surface area contributed by atoms with Crippen molar-refractivity contribution in [2.75, 3.05) is 38.2 Å². The van der Waals surface area contributed by atoms with Crippen LogP contribution in [0, 0.1) is 0 Å². The van der Waals surface area contributed by atoms with Gasteiger partial charge in [-0.05, 0) is 44.3 Å². The van der Waals surface area contributed by atoms with E-state index in [1.807, 2.05) is 12.1 Å². The lowest BCUT2D eigenvalue weighted by molar-refractivity contribution is 0.425. The zero-order valence-electron chi connectivity index (χ0n) is 9.88. The van der Waals surface area contributed by atoms with Crippen LogP contribution in [0.4, 0.5) is 11.4 Å². The summed E-state index contributed by atoms with van der Waals surface area (Å²) in [6.45, 7) is 4.14. The Kier molecular flexibility index (Phi) is 4.43. The van der Waals surface area contributed by atoms with Gasteiger partial charge in [0.1, 0.15) is 0 Å². The molecule has 0 fully saturated rings. The fourth-order valence-corrected chi connectivity index (χ4v) is 1.49. The predicted octanol–water partition coefficient (Wildman–Crippen LogP) is 1.80. The molecule has 0 aliphatic carbocycles. The number of nitrogens with zero attached hydrogens (tertiary/aromatic N) is 1. The summed E-state index contributed by atoms with van der Waals surface area (Å²) >= 11 is 0. The molecule has 15 heavy (non-hydrogen) atoms. The van der Waals surface area contributed by atoms with Crippen LogP contribution in [0.2, 0.25) is 0 Å². The number of benzene rings is 1. The van der Waals surface area contributed by atoms with Gasteiger partial charge >= 0.3 is 0 Å². The van der Waals surface area contributed by atoms with Gasteiger partial charge in [-0.2, -0.15) is 0 Å². The summed E-state index contributed by atoms with van der Waals surface area (Å²) in [6, 6.07) is 6.04. The van der Waals surface area contributed by atoms with E-state index in [1.165, 1.54) is 11.3 Å². The number of likely N-dealkylation sites (N-methyl/N-ethyl adjacent to an activating group) is 1. The number of rotatable bonds is 5. The quantitative estimate of drug-likeness (QED) is 0.723. The van der Waals surface area contributed by atoms with Gasteiger partial charge < -0.3 is 16.0 Å². The molecule has 0 radical (unpaired) electrons. The Labute approximate surface area is 92.3 Å². The summed E-state index contributed by atoms with van der Waals surface area (Å²) in [5.74, 6) is 0. The van der Waals surface area contributed by atoms with E-state index in [2.05, 4.69) is 37.3 Å². The lowest BCUT2D eigenvalue weighted by Gasteiger charge is -2.14. The van der Waals surface area contributed by atoms with Gasteiger partial charge in [-0.15, -0.1) is 0 Å². The van der Waals surface area contributed by atoms with Crippen LogP contribution in [0.1, 0.15) is 12.5 Å². The molecule has 0 aromatic heterocycles. The largest absolute Gasteiger partial charge is 0.399 e. The van der Waals surface area contributed by atoms with Crippen molar-refractivity contribution in [1.82, 2.24) is 4.90 Å². The highest BCUT2D eigenvalue weighted by atomic mass is 15.1. The summed E-state index contributed by atoms with van der Waals surface area (Å²) in [5.41, 5.74) is 9.07. The summed E-state index contributed by atoms with van der Waals surface area (Å²) < 4.78 is 0. The van der Waals surface area contributed by atoms with Gasteiger partial charge in [-0.3, -0.25) is 0 Å². The number of anilines is 2. The normalized spacial score (nSPS) is 10.7. The first kappa shape index (κ1) is 11.9. The van der Waals surface area contributed by atoms with Crippen molar-refractivity contribution in [2.24, 2.45) is 0 Å². The van der Waals surface area contributed by atoms with Crippen LogP contribution >= 0.6 is 0 Å². The molecule has 1 aromatic rings. The number of nitrogens with two attached hydrogens (primary N) is 1. The molecular weight excluding hydrogens is 186 g/mol. The van der Waals surface area contributed by atoms with Gasteiger partial charge in [0, 0.05) is 24.5 Å². The fourth-order valence-electron chi connectivity index (χ4n) is 1.49. The molecule has 0 amide bonds. The Morgan fingerprint density at radius 2 is 2.07 bits per heavy atom. The number of aryl methyl sites for hydroxylation is 1. The molecule has 3 N–H and O–H groups in total. The standard InChI is InChI=1S/C12H21N3/c1-4-10-9-11(13)5-6-12(10)14-7-8-15(2)3/h5-6,9,14H,4,7-8,13H2,1-3H3. The van der Waals surface area contributed by atoms with E-state index in [4.69, 9.17) is 5.73 Å². The van der Waals surface area contributed by atoms with E-state index in [1.54, 1.807) is 0 Å². The van der Waals surface area contributed by atoms with Crippen molar-refractivity contribution >= 4 is 11.4 Å². The van der Waals surface area contributed by atoms with E-state index in [9.17, 15) is 0 Å². The maximum Gasteiger partial charge on any atom is 0.0374 e. The van der Waals surface area contributed by atoms with Crippen molar-refractivity contribution in [3.05, 3.63) is 23.8 Å². The Balaban J connectivity index is 2.60. The topological polar surface area (TPSA) is 41.3 Å². The van der Waals surface area contributed by atoms with Gasteiger partial charge in [-0.1, -0.05) is 6.92 Å². The maximum atomic E-state index is 5.74. The Hall–Kier alpha value is -1.22. The summed E-state index contributed by atoms with van der Waals surface area (Å²) in [5, 5.41) is 3.43. The molecule has 0 atom stereocenters. The molecule has 0 unspecified atom stereocenters. The molecule has 0 saturated heterocycles. The minimum absolute atomic E-state index is 0.838. The Bertz CT molecular complexity index is 308. The number of hydrogen-bond acceptors (Lipinski definition) is 3. The molecule has 0 spiro atoms. The van der Waals surface area contributed by atoms with Crippen molar-refractivity contribution in [1.29, 1.82) is 0 Å². The second-order valence-electron chi connectivity index (χ2n) is 4.00. The van der Waals surface area contributed by atoms with Gasteiger partial charge in [0.25, 0.3) is 0 Å². The molecule has 0 aliphatic heterocycles. The molecule has 3 heteroatoms. The van der Waals surface area contributed by atoms with Gasteiger partial charge in [0.15, 0.2) is 0 Å². The Morgan fingerprint density at radius 1 is 1.33 bits per heavy atom. The van der Waals surface area contributed by atoms with Crippen LogP contribution in [0.15, 0.2) is 18.2 Å². The van der Waals surface area contributed by atoms with Crippen LogP contribution in [-0.2, 0) is 6.42 Å². The van der Waals surface area contributed by atoms with Crippen LogP contribution in [0.3, 0.4) is 0 Å². The van der Waals surface area contributed by atoms with Crippen LogP contribution in [0.25, 0.3) is 0 Å². The predicted molar refractivity (Wildman–Crippen MR) is 67.3 cm³/mol. The molecule has 0 heterocycles. The molecule has 0 bridgehead atoms. The number of hydrogen-bond donors (Lipinski definition) is 2. The second kappa shape index (κ2) is 5.61. The maximum absolute atomic E-state index is 5.74. The van der Waals surface area contributed by atoms with Crippen LogP contribution in [0.5, 0.6) is 0 Å². The van der Waals surface area contributed by atoms with Crippen molar-refractivity contribution < 1.29 is 0 Å². The van der Waals surface area contributed by atoms with Crippen molar-refractivity contribution in [2.45, 2.75) is 13.3 Å². The van der Waals surface area contributed by atoms with E-state index >= 15 is 0 Å². The lowest BCUT2D eigenvalue weighted by Crippen LogP contribution is -2.21. The highest BCUT2D eigenvalue weighted by Crippen LogP contribution is 2.18. The summed E-state index contributed by atoms with van der Waals surface area (Å²) in [7, 11) is 4.15. The van der Waals surface area contributed by atoms with Crippen molar-refractivity contribution in [3.8, 4) is 0 Å². The third-order valence-corrected chi connectivity index (χ3v) is 2.38. The molecule has 84 valence electrons. The second-order valence-corrected chi connectivity index (χ2v) is 4.00. The average Bonchev–Trinajstić information content (AvgIpc) is 2.19. The molecule has 3 nitrogen and oxygen atoms in total. The zero-order chi connectivity index (χ0) is 11.3. The first-order valence-corrected chi connectivity index (χ1v) is 5.40. The average molecular weight is 207 g/mol. The summed E-state index contributed by atoms with van der Waals surface area (Å²) in [4.78, 5) is 2.16. The Morgan fingerprint density at radius 3 is 2.67 bits per heavy atom. The fraction of sp³-hybridized carbons (Fsp3) is 0.500. The molecule has 1 aromatic carbocycles. The molecule has 1 rings (SSSR count). The first-order valence-electron chi connectivity index (χ1n) is 5.40. The van der Waals surface area contributed by atoms with E-state index in [0.29, 0.717) is 0 Å². The highest BCUT2D eigenvalue weighted by Gasteiger charge is 2.00. The van der Waals surface area contributed by atoms with Gasteiger partial charge in [0.2, 0.25) is 0 Å². The highest BCUT2D eigenvalue weighted by molar-refractivity contribution is 5.58. The molecule has 0 saturated carbocycles. The van der Waals surface area contributed by atoms with Gasteiger partial charge in [0.05, 0.1) is 0 Å². The van der Waals surface area contributed by atoms with Gasteiger partial charge in [-0.25, -0.2) is 0 Å². The third-order valence-electron chi connectivity index (χ3n) is 2.38. The van der Waals surface area contributed by atoms with E-state index in [-0.39, 0.29) is 0 Å². The SMILES string of the molecule is CCc1cc(N)ccc1NCCN(C)C. The monoisotopic (exact) mass is 207 g/mol. The minimum Gasteiger partial charge on any atom is -0.399 e. The zero-order valence-corrected chi connectivity index (χ0v) is 9.88. The molecule has 0 aliphatic rings. The van der Waals surface area contributed by atoms with Crippen molar-refractivity contribution in [3.63, 3.8) is 0 Å². The third kappa shape index (κ3) is 3.80. The van der Waals surface area contributed by atoms with E-state index in [0.717, 1.165) is 25.2 Å². The number of nitrogen functional groups attached to an aromatic ring is 1. The van der Waals surface area contributed by atoms with Crippen LogP contribution < -0.4 is 11.1 Å². The lowest BCUT2D eigenvalue weighted by atomic mass is 10.1.